The maximum atomic E-state index is 10.6. The molecule has 5 nitrogen and oxygen atoms in total. The van der Waals surface area contributed by atoms with Gasteiger partial charge < -0.3 is 10.4 Å². The van der Waals surface area contributed by atoms with E-state index in [1.54, 1.807) is 12.1 Å². The molecule has 0 bridgehead atoms. The molecule has 2 atom stereocenters. The van der Waals surface area contributed by atoms with E-state index in [-0.39, 0.29) is 24.3 Å². The number of nitrogens with zero attached hydrogens (tertiary/aromatic N) is 1. The summed E-state index contributed by atoms with van der Waals surface area (Å²) in [5, 5.41) is 23.3. The van der Waals surface area contributed by atoms with Gasteiger partial charge >= 0.3 is 0 Å². The maximum Gasteiger partial charge on any atom is 0.269 e. The van der Waals surface area contributed by atoms with Crippen LogP contribution in [0, 0.1) is 10.1 Å². The molecule has 0 amide bonds. The summed E-state index contributed by atoms with van der Waals surface area (Å²) in [6.45, 7) is 1.05. The number of hydrogen-bond acceptors (Lipinski definition) is 4. The molecule has 1 aromatic carbocycles. The van der Waals surface area contributed by atoms with Gasteiger partial charge in [0.1, 0.15) is 0 Å². The first kappa shape index (κ1) is 12.0. The van der Waals surface area contributed by atoms with Gasteiger partial charge in [-0.3, -0.25) is 10.1 Å². The van der Waals surface area contributed by atoms with E-state index in [0.717, 1.165) is 24.9 Å². The topological polar surface area (TPSA) is 75.4 Å². The monoisotopic (exact) mass is 236 g/mol. The highest BCUT2D eigenvalue weighted by molar-refractivity contribution is 5.35. The van der Waals surface area contributed by atoms with Crippen LogP contribution >= 0.6 is 0 Å². The number of aliphatic hydroxyl groups excluding tert-OH is 1. The number of benzene rings is 1. The van der Waals surface area contributed by atoms with E-state index in [0.29, 0.717) is 0 Å². The lowest BCUT2D eigenvalue weighted by Crippen LogP contribution is -2.30. The molecule has 1 aliphatic heterocycles. The lowest BCUT2D eigenvalue weighted by Gasteiger charge is -2.21. The van der Waals surface area contributed by atoms with Gasteiger partial charge in [0.15, 0.2) is 0 Å². The van der Waals surface area contributed by atoms with Gasteiger partial charge in [0.05, 0.1) is 11.5 Å². The molecule has 1 heterocycles. The fraction of sp³-hybridized carbons (Fsp3) is 0.500. The summed E-state index contributed by atoms with van der Waals surface area (Å²) in [7, 11) is 0. The predicted molar refractivity (Wildman–Crippen MR) is 63.9 cm³/mol. The predicted octanol–water partition coefficient (Wildman–Crippen LogP) is 1.42. The first-order valence-corrected chi connectivity index (χ1v) is 5.81. The van der Waals surface area contributed by atoms with Crippen LogP contribution in [-0.4, -0.2) is 29.2 Å². The van der Waals surface area contributed by atoms with Crippen molar-refractivity contribution in [1.82, 2.24) is 5.32 Å². The van der Waals surface area contributed by atoms with Crippen LogP contribution < -0.4 is 5.32 Å². The Bertz CT molecular complexity index is 385. The summed E-state index contributed by atoms with van der Waals surface area (Å²) >= 11 is 0. The van der Waals surface area contributed by atoms with Crippen LogP contribution in [-0.2, 0) is 0 Å². The Kier molecular flexibility index (Phi) is 3.71. The van der Waals surface area contributed by atoms with Crippen molar-refractivity contribution in [2.45, 2.75) is 24.8 Å². The smallest absolute Gasteiger partial charge is 0.269 e. The first-order chi connectivity index (χ1) is 8.22. The van der Waals surface area contributed by atoms with Crippen LogP contribution in [0.1, 0.15) is 24.3 Å². The second kappa shape index (κ2) is 5.25. The molecule has 5 heteroatoms. The molecule has 1 aromatic rings. The molecule has 1 saturated heterocycles. The number of non-ortho nitro benzene ring substituents is 1. The lowest BCUT2D eigenvalue weighted by molar-refractivity contribution is -0.384. The van der Waals surface area contributed by atoms with Crippen LogP contribution in [0.2, 0.25) is 0 Å². The molecular formula is C12H16N2O3. The maximum absolute atomic E-state index is 10.6. The average Bonchev–Trinajstić information content (AvgIpc) is 2.84. The van der Waals surface area contributed by atoms with Gasteiger partial charge in [0.2, 0.25) is 0 Å². The lowest BCUT2D eigenvalue weighted by atomic mass is 9.91. The van der Waals surface area contributed by atoms with Crippen LogP contribution in [0.15, 0.2) is 24.3 Å². The van der Waals surface area contributed by atoms with Crippen LogP contribution in [0.3, 0.4) is 0 Å². The molecule has 0 unspecified atom stereocenters. The van der Waals surface area contributed by atoms with Gasteiger partial charge in [-0.1, -0.05) is 12.1 Å². The minimum Gasteiger partial charge on any atom is -0.396 e. The number of hydrogen-bond donors (Lipinski definition) is 2. The van der Waals surface area contributed by atoms with Gasteiger partial charge in [-0.05, 0) is 24.9 Å². The van der Waals surface area contributed by atoms with Gasteiger partial charge in [-0.2, -0.15) is 0 Å². The zero-order valence-corrected chi connectivity index (χ0v) is 9.50. The number of aliphatic hydroxyl groups is 1. The minimum atomic E-state index is -0.411. The van der Waals surface area contributed by atoms with Crippen LogP contribution in [0.4, 0.5) is 5.69 Å². The van der Waals surface area contributed by atoms with E-state index < -0.39 is 4.92 Å². The Morgan fingerprint density at radius 1 is 1.47 bits per heavy atom. The Hall–Kier alpha value is -1.46. The van der Waals surface area contributed by atoms with E-state index in [4.69, 9.17) is 0 Å². The van der Waals surface area contributed by atoms with Crippen LogP contribution in [0.25, 0.3) is 0 Å². The van der Waals surface area contributed by atoms with Gasteiger partial charge in [-0.25, -0.2) is 0 Å². The van der Waals surface area contributed by atoms with Crippen molar-refractivity contribution in [3.63, 3.8) is 0 Å². The molecule has 0 aromatic heterocycles. The highest BCUT2D eigenvalue weighted by atomic mass is 16.6. The fourth-order valence-electron chi connectivity index (χ4n) is 2.36. The summed E-state index contributed by atoms with van der Waals surface area (Å²) in [6.07, 6.45) is 2.16. The summed E-state index contributed by atoms with van der Waals surface area (Å²) < 4.78 is 0. The third kappa shape index (κ3) is 2.62. The van der Waals surface area contributed by atoms with Crippen molar-refractivity contribution >= 4 is 5.69 Å². The summed E-state index contributed by atoms with van der Waals surface area (Å²) in [4.78, 5) is 10.1. The van der Waals surface area contributed by atoms with Gasteiger partial charge in [-0.15, -0.1) is 0 Å². The van der Waals surface area contributed by atoms with E-state index in [9.17, 15) is 15.2 Å². The molecule has 0 aliphatic carbocycles. The molecule has 0 spiro atoms. The highest BCUT2D eigenvalue weighted by Gasteiger charge is 2.25. The Morgan fingerprint density at radius 3 is 2.65 bits per heavy atom. The van der Waals surface area contributed by atoms with Crippen LogP contribution in [0.5, 0.6) is 0 Å². The third-order valence-electron chi connectivity index (χ3n) is 3.31. The molecule has 92 valence electrons. The van der Waals surface area contributed by atoms with Crippen molar-refractivity contribution in [2.75, 3.05) is 13.2 Å². The van der Waals surface area contributed by atoms with Crippen molar-refractivity contribution in [3.05, 3.63) is 39.9 Å². The third-order valence-corrected chi connectivity index (χ3v) is 3.31. The molecular weight excluding hydrogens is 220 g/mol. The van der Waals surface area contributed by atoms with Gasteiger partial charge in [0, 0.05) is 24.1 Å². The van der Waals surface area contributed by atoms with Crippen molar-refractivity contribution in [3.8, 4) is 0 Å². The number of nitro groups is 1. The Morgan fingerprint density at radius 2 is 2.18 bits per heavy atom. The normalized spacial score (nSPS) is 21.4. The minimum absolute atomic E-state index is 0.0262. The second-order valence-electron chi connectivity index (χ2n) is 4.34. The van der Waals surface area contributed by atoms with E-state index in [1.807, 2.05) is 0 Å². The van der Waals surface area contributed by atoms with Gasteiger partial charge in [0.25, 0.3) is 5.69 Å². The molecule has 0 radical (unpaired) electrons. The Balaban J connectivity index is 2.16. The van der Waals surface area contributed by atoms with E-state index in [2.05, 4.69) is 5.32 Å². The molecule has 1 aliphatic rings. The highest BCUT2D eigenvalue weighted by Crippen LogP contribution is 2.26. The molecule has 2 N–H and O–H groups in total. The standard InChI is InChI=1S/C12H16N2O3/c15-8-11(12-2-1-7-13-12)9-3-5-10(6-4-9)14(16)17/h3-6,11-13,15H,1-2,7-8H2/t11-,12+/m1/s1. The summed E-state index contributed by atoms with van der Waals surface area (Å²) in [5.41, 5.74) is 1.04. The molecule has 2 rings (SSSR count). The Labute approximate surface area is 99.6 Å². The van der Waals surface area contributed by atoms with Crippen molar-refractivity contribution in [1.29, 1.82) is 0 Å². The van der Waals surface area contributed by atoms with Crippen molar-refractivity contribution < 1.29 is 10.0 Å². The quantitative estimate of drug-likeness (QED) is 0.612. The van der Waals surface area contributed by atoms with Crippen molar-refractivity contribution in [2.24, 2.45) is 0 Å². The van der Waals surface area contributed by atoms with E-state index in [1.165, 1.54) is 12.1 Å². The van der Waals surface area contributed by atoms with E-state index >= 15 is 0 Å². The number of nitrogens with one attached hydrogen (secondary N) is 1. The molecule has 17 heavy (non-hydrogen) atoms. The number of rotatable bonds is 4. The first-order valence-electron chi connectivity index (χ1n) is 5.81. The molecule has 0 saturated carbocycles. The zero-order chi connectivity index (χ0) is 12.3. The summed E-state index contributed by atoms with van der Waals surface area (Å²) in [5.74, 6) is 0.0262. The largest absolute Gasteiger partial charge is 0.396 e. The fourth-order valence-corrected chi connectivity index (χ4v) is 2.36. The molecule has 1 fully saturated rings. The number of nitro benzene ring substituents is 1. The zero-order valence-electron chi connectivity index (χ0n) is 9.50. The average molecular weight is 236 g/mol. The second-order valence-corrected chi connectivity index (χ2v) is 4.34. The summed E-state index contributed by atoms with van der Waals surface area (Å²) in [6, 6.07) is 6.74. The SMILES string of the molecule is O=[N+]([O-])c1ccc([C@@H](CO)[C@@H]2CCCN2)cc1.